The number of carbonyl (C=O) groups excluding carboxylic acids is 2. The van der Waals surface area contributed by atoms with E-state index in [-0.39, 0.29) is 18.8 Å². The first-order valence-corrected chi connectivity index (χ1v) is 7.91. The summed E-state index contributed by atoms with van der Waals surface area (Å²) in [7, 11) is 0. The minimum absolute atomic E-state index is 0.0225. The van der Waals surface area contributed by atoms with E-state index in [4.69, 9.17) is 9.47 Å². The first kappa shape index (κ1) is 16.4. The quantitative estimate of drug-likeness (QED) is 0.462. The Bertz CT molecular complexity index is 567. The Balaban J connectivity index is 1.97. The van der Waals surface area contributed by atoms with Gasteiger partial charge in [0, 0.05) is 13.1 Å². The van der Waals surface area contributed by atoms with Crippen molar-refractivity contribution in [3.63, 3.8) is 0 Å². The van der Waals surface area contributed by atoms with E-state index in [2.05, 4.69) is 4.90 Å². The van der Waals surface area contributed by atoms with E-state index in [9.17, 15) is 19.8 Å². The van der Waals surface area contributed by atoms with Crippen LogP contribution in [0, 0.1) is 5.92 Å². The highest BCUT2D eigenvalue weighted by atomic mass is 16.6. The molecule has 2 fully saturated rings. The Kier molecular flexibility index (Phi) is 3.78. The van der Waals surface area contributed by atoms with Crippen LogP contribution < -0.4 is 0 Å². The zero-order valence-corrected chi connectivity index (χ0v) is 13.6. The van der Waals surface area contributed by atoms with E-state index >= 15 is 0 Å². The SMILES string of the molecule is CC1C(=O)O[C@@H]2CCN3CC=C(COC(=O)C(C)(O)C1(C)O)[C@H]23. The molecular formula is C16H23NO6. The second-order valence-electron chi connectivity index (χ2n) is 7.00. The largest absolute Gasteiger partial charge is 0.460 e. The van der Waals surface area contributed by atoms with Crippen LogP contribution in [0.15, 0.2) is 11.6 Å². The molecule has 3 heterocycles. The van der Waals surface area contributed by atoms with E-state index in [1.807, 2.05) is 6.08 Å². The fraction of sp³-hybridized carbons (Fsp3) is 0.750. The van der Waals surface area contributed by atoms with Gasteiger partial charge in [0.1, 0.15) is 18.3 Å². The number of cyclic esters (lactones) is 1. The van der Waals surface area contributed by atoms with Crippen LogP contribution in [0.2, 0.25) is 0 Å². The van der Waals surface area contributed by atoms with Gasteiger partial charge in [0.2, 0.25) is 0 Å². The first-order valence-electron chi connectivity index (χ1n) is 7.91. The van der Waals surface area contributed by atoms with Crippen molar-refractivity contribution in [3.8, 4) is 0 Å². The Morgan fingerprint density at radius 3 is 2.70 bits per heavy atom. The van der Waals surface area contributed by atoms with Gasteiger partial charge in [0.05, 0.1) is 12.0 Å². The summed E-state index contributed by atoms with van der Waals surface area (Å²) in [6.45, 7) is 5.41. The number of hydrogen-bond donors (Lipinski definition) is 2. The summed E-state index contributed by atoms with van der Waals surface area (Å²) >= 11 is 0. The molecule has 3 unspecified atom stereocenters. The van der Waals surface area contributed by atoms with Crippen LogP contribution >= 0.6 is 0 Å². The van der Waals surface area contributed by atoms with Crippen LogP contribution in [0.5, 0.6) is 0 Å². The van der Waals surface area contributed by atoms with Gasteiger partial charge in [-0.05, 0) is 32.8 Å². The topological polar surface area (TPSA) is 96.3 Å². The molecule has 23 heavy (non-hydrogen) atoms. The molecule has 0 bridgehead atoms. The third-order valence-corrected chi connectivity index (χ3v) is 5.63. The van der Waals surface area contributed by atoms with Crippen molar-refractivity contribution < 1.29 is 29.3 Å². The predicted molar refractivity (Wildman–Crippen MR) is 79.3 cm³/mol. The molecule has 0 spiro atoms. The number of carbonyl (C=O) groups is 2. The van der Waals surface area contributed by atoms with E-state index in [1.54, 1.807) is 0 Å². The van der Waals surface area contributed by atoms with E-state index < -0.39 is 29.1 Å². The van der Waals surface area contributed by atoms with Crippen LogP contribution in [0.3, 0.4) is 0 Å². The molecule has 7 heteroatoms. The smallest absolute Gasteiger partial charge is 0.341 e. The van der Waals surface area contributed by atoms with Gasteiger partial charge in [-0.3, -0.25) is 9.69 Å². The van der Waals surface area contributed by atoms with Crippen molar-refractivity contribution in [1.82, 2.24) is 4.90 Å². The standard InChI is InChI=1S/C16H23NO6/c1-9-13(18)23-11-5-7-17-6-4-10(12(11)17)8-22-14(19)16(3,21)15(9,2)20/h4,9,11-12,20-21H,5-8H2,1-3H3/t9?,11-,12-,15?,16?/m1/s1. The van der Waals surface area contributed by atoms with Gasteiger partial charge in [-0.25, -0.2) is 4.79 Å². The lowest BCUT2D eigenvalue weighted by Gasteiger charge is -2.39. The van der Waals surface area contributed by atoms with E-state index in [1.165, 1.54) is 13.8 Å². The van der Waals surface area contributed by atoms with Crippen LogP contribution in [0.25, 0.3) is 0 Å². The van der Waals surface area contributed by atoms with Crippen molar-refractivity contribution in [2.45, 2.75) is 50.5 Å². The normalized spacial score (nSPS) is 44.9. The third kappa shape index (κ3) is 2.38. The molecule has 0 amide bonds. The van der Waals surface area contributed by atoms with Crippen LogP contribution in [0.1, 0.15) is 27.2 Å². The molecule has 2 N–H and O–H groups in total. The van der Waals surface area contributed by atoms with Gasteiger partial charge in [-0.2, -0.15) is 0 Å². The van der Waals surface area contributed by atoms with Gasteiger partial charge >= 0.3 is 11.9 Å². The average Bonchev–Trinajstić information content (AvgIpc) is 3.06. The highest BCUT2D eigenvalue weighted by Gasteiger charge is 2.56. The van der Waals surface area contributed by atoms with Crippen molar-refractivity contribution in [3.05, 3.63) is 11.6 Å². The predicted octanol–water partition coefficient (Wildman–Crippen LogP) is -0.393. The van der Waals surface area contributed by atoms with Crippen molar-refractivity contribution in [1.29, 1.82) is 0 Å². The summed E-state index contributed by atoms with van der Waals surface area (Å²) in [6.07, 6.45) is 2.34. The van der Waals surface area contributed by atoms with Gasteiger partial charge in [0.15, 0.2) is 5.60 Å². The number of esters is 2. The summed E-state index contributed by atoms with van der Waals surface area (Å²) in [5.41, 5.74) is -3.35. The Hall–Kier alpha value is -1.44. The fourth-order valence-electron chi connectivity index (χ4n) is 3.52. The molecule has 0 aromatic rings. The Morgan fingerprint density at radius 2 is 2.00 bits per heavy atom. The molecule has 3 aliphatic heterocycles. The molecular weight excluding hydrogens is 302 g/mol. The summed E-state index contributed by atoms with van der Waals surface area (Å²) in [6, 6.07) is -0.0908. The third-order valence-electron chi connectivity index (χ3n) is 5.63. The summed E-state index contributed by atoms with van der Waals surface area (Å²) < 4.78 is 10.8. The number of nitrogens with zero attached hydrogens (tertiary/aromatic N) is 1. The van der Waals surface area contributed by atoms with Gasteiger partial charge in [-0.15, -0.1) is 0 Å². The van der Waals surface area contributed by atoms with Crippen molar-refractivity contribution >= 4 is 11.9 Å². The molecule has 0 aromatic heterocycles. The maximum absolute atomic E-state index is 12.4. The maximum Gasteiger partial charge on any atom is 0.341 e. The molecule has 2 saturated heterocycles. The monoisotopic (exact) mass is 325 g/mol. The first-order chi connectivity index (χ1) is 10.7. The number of rotatable bonds is 0. The number of aliphatic hydroxyl groups is 2. The second-order valence-corrected chi connectivity index (χ2v) is 7.00. The Labute approximate surface area is 134 Å². The summed E-state index contributed by atoms with van der Waals surface area (Å²) in [5.74, 6) is -2.65. The molecule has 0 saturated carbocycles. The average molecular weight is 325 g/mol. The van der Waals surface area contributed by atoms with Crippen LogP contribution in [-0.4, -0.2) is 70.1 Å². The molecule has 3 aliphatic rings. The molecule has 3 rings (SSSR count). The lowest BCUT2D eigenvalue weighted by Crippen LogP contribution is -2.61. The van der Waals surface area contributed by atoms with Crippen molar-refractivity contribution in [2.75, 3.05) is 19.7 Å². The summed E-state index contributed by atoms with van der Waals surface area (Å²) in [5, 5.41) is 21.1. The Morgan fingerprint density at radius 1 is 1.30 bits per heavy atom. The second kappa shape index (κ2) is 5.29. The van der Waals surface area contributed by atoms with Crippen molar-refractivity contribution in [2.24, 2.45) is 5.92 Å². The zero-order valence-electron chi connectivity index (χ0n) is 13.6. The van der Waals surface area contributed by atoms with E-state index in [0.717, 1.165) is 25.6 Å². The highest BCUT2D eigenvalue weighted by molar-refractivity contribution is 5.83. The van der Waals surface area contributed by atoms with Gasteiger partial charge < -0.3 is 19.7 Å². The van der Waals surface area contributed by atoms with Gasteiger partial charge in [0.25, 0.3) is 0 Å². The fourth-order valence-corrected chi connectivity index (χ4v) is 3.52. The molecule has 0 radical (unpaired) electrons. The molecule has 0 aliphatic carbocycles. The number of hydrogen-bond acceptors (Lipinski definition) is 7. The molecule has 128 valence electrons. The zero-order chi connectivity index (χ0) is 17.0. The highest BCUT2D eigenvalue weighted by Crippen LogP contribution is 2.36. The lowest BCUT2D eigenvalue weighted by atomic mass is 9.76. The van der Waals surface area contributed by atoms with E-state index in [0.29, 0.717) is 6.42 Å². The summed E-state index contributed by atoms with van der Waals surface area (Å²) in [4.78, 5) is 26.9. The lowest BCUT2D eigenvalue weighted by molar-refractivity contribution is -0.205. The molecule has 0 aromatic carbocycles. The molecule has 5 atom stereocenters. The number of ether oxygens (including phenoxy) is 2. The van der Waals surface area contributed by atoms with Gasteiger partial charge in [-0.1, -0.05) is 6.08 Å². The minimum atomic E-state index is -2.22. The molecule has 7 nitrogen and oxygen atoms in total. The van der Waals surface area contributed by atoms with Crippen LogP contribution in [-0.2, 0) is 19.1 Å². The minimum Gasteiger partial charge on any atom is -0.460 e. The maximum atomic E-state index is 12.4. The van der Waals surface area contributed by atoms with Crippen LogP contribution in [0.4, 0.5) is 0 Å².